The number of allylic oxidation sites excluding steroid dienone is 2. The lowest BCUT2D eigenvalue weighted by atomic mass is 9.82. The van der Waals surface area contributed by atoms with Gasteiger partial charge in [0.05, 0.1) is 16.8 Å². The normalized spacial score (nSPS) is 20.4. The molecule has 1 saturated heterocycles. The van der Waals surface area contributed by atoms with Gasteiger partial charge in [-0.15, -0.1) is 0 Å². The van der Waals surface area contributed by atoms with Gasteiger partial charge < -0.3 is 0 Å². The lowest BCUT2D eigenvalue weighted by Gasteiger charge is -2.34. The predicted octanol–water partition coefficient (Wildman–Crippen LogP) is 3.56. The van der Waals surface area contributed by atoms with Crippen LogP contribution in [0.3, 0.4) is 0 Å². The molecule has 3 amide bonds. The molecule has 174 valence electrons. The monoisotopic (exact) mass is 461 g/mol. The lowest BCUT2D eigenvalue weighted by molar-refractivity contribution is -0.384. The van der Waals surface area contributed by atoms with Crippen molar-refractivity contribution in [2.75, 3.05) is 0 Å². The maximum absolute atomic E-state index is 13.6. The largest absolute Gasteiger partial charge is 0.292 e. The Bertz CT molecular complexity index is 1200. The van der Waals surface area contributed by atoms with E-state index in [2.05, 4.69) is 0 Å². The fraction of sp³-hybridized carbons (Fsp3) is 0.280. The molecule has 2 aromatic carbocycles. The van der Waals surface area contributed by atoms with Crippen LogP contribution in [0.4, 0.5) is 5.69 Å². The molecule has 0 saturated carbocycles. The van der Waals surface area contributed by atoms with E-state index in [1.807, 2.05) is 13.0 Å². The summed E-state index contributed by atoms with van der Waals surface area (Å²) in [6.45, 7) is 3.35. The summed E-state index contributed by atoms with van der Waals surface area (Å²) >= 11 is 0. The molecule has 0 spiro atoms. The molecule has 34 heavy (non-hydrogen) atoms. The number of hydrazine groups is 1. The molecular formula is C25H23N3O6. The van der Waals surface area contributed by atoms with E-state index in [1.54, 1.807) is 30.3 Å². The Morgan fingerprint density at radius 3 is 2.24 bits per heavy atom. The summed E-state index contributed by atoms with van der Waals surface area (Å²) in [5.74, 6) is -3.45. The van der Waals surface area contributed by atoms with E-state index >= 15 is 0 Å². The maximum Gasteiger partial charge on any atom is 0.273 e. The molecule has 1 aliphatic carbocycles. The average Bonchev–Trinajstić information content (AvgIpc) is 3.08. The maximum atomic E-state index is 13.6. The highest BCUT2D eigenvalue weighted by molar-refractivity contribution is 6.10. The summed E-state index contributed by atoms with van der Waals surface area (Å²) in [5.41, 5.74) is 1.12. The van der Waals surface area contributed by atoms with Crippen LogP contribution in [0.1, 0.15) is 47.4 Å². The first-order valence-corrected chi connectivity index (χ1v) is 10.9. The number of hydrogen-bond acceptors (Lipinski definition) is 6. The van der Waals surface area contributed by atoms with Crippen molar-refractivity contribution >= 4 is 29.2 Å². The molecule has 1 aliphatic heterocycles. The van der Waals surface area contributed by atoms with E-state index in [9.17, 15) is 29.3 Å². The van der Waals surface area contributed by atoms with Gasteiger partial charge in [-0.25, -0.2) is 5.01 Å². The zero-order valence-corrected chi connectivity index (χ0v) is 18.7. The van der Waals surface area contributed by atoms with Crippen molar-refractivity contribution in [3.8, 4) is 0 Å². The van der Waals surface area contributed by atoms with E-state index in [1.165, 1.54) is 19.1 Å². The minimum Gasteiger partial charge on any atom is -0.292 e. The molecule has 0 N–H and O–H groups in total. The van der Waals surface area contributed by atoms with Gasteiger partial charge >= 0.3 is 0 Å². The number of nitro benzene ring substituents is 1. The smallest absolute Gasteiger partial charge is 0.273 e. The van der Waals surface area contributed by atoms with Gasteiger partial charge in [0.2, 0.25) is 0 Å². The molecule has 0 radical (unpaired) electrons. The Morgan fingerprint density at radius 2 is 1.62 bits per heavy atom. The van der Waals surface area contributed by atoms with Crippen molar-refractivity contribution in [3.63, 3.8) is 0 Å². The zero-order chi connectivity index (χ0) is 24.6. The molecule has 2 aliphatic rings. The second-order valence-corrected chi connectivity index (χ2v) is 8.55. The van der Waals surface area contributed by atoms with E-state index in [4.69, 9.17) is 0 Å². The number of hydrogen-bond donors (Lipinski definition) is 0. The minimum absolute atomic E-state index is 0.0167. The van der Waals surface area contributed by atoms with Crippen LogP contribution < -0.4 is 0 Å². The Labute approximate surface area is 195 Å². The van der Waals surface area contributed by atoms with Crippen LogP contribution >= 0.6 is 0 Å². The highest BCUT2D eigenvalue weighted by Crippen LogP contribution is 2.39. The second-order valence-electron chi connectivity index (χ2n) is 8.55. The quantitative estimate of drug-likeness (QED) is 0.213. The fourth-order valence-corrected chi connectivity index (χ4v) is 4.48. The number of fused-ring (bicyclic) bond motifs is 1. The van der Waals surface area contributed by atoms with Crippen LogP contribution in [0.5, 0.6) is 0 Å². The average molecular weight is 461 g/mol. The van der Waals surface area contributed by atoms with Gasteiger partial charge in [-0.1, -0.05) is 42.0 Å². The summed E-state index contributed by atoms with van der Waals surface area (Å²) < 4.78 is 0. The first-order chi connectivity index (χ1) is 16.2. The van der Waals surface area contributed by atoms with Gasteiger partial charge in [0.25, 0.3) is 23.4 Å². The van der Waals surface area contributed by atoms with Gasteiger partial charge in [-0.2, -0.15) is 5.01 Å². The van der Waals surface area contributed by atoms with Crippen molar-refractivity contribution in [2.24, 2.45) is 11.8 Å². The van der Waals surface area contributed by atoms with Gasteiger partial charge in [-0.3, -0.25) is 29.3 Å². The number of nitro groups is 1. The number of carbonyl (C=O) groups is 4. The number of rotatable bonds is 6. The number of nitrogens with zero attached hydrogens (tertiary/aromatic N) is 3. The van der Waals surface area contributed by atoms with Crippen molar-refractivity contribution in [3.05, 3.63) is 87.5 Å². The number of imide groups is 1. The number of non-ortho nitro benzene ring substituents is 1. The molecule has 2 aromatic rings. The van der Waals surface area contributed by atoms with Crippen LogP contribution in [0.25, 0.3) is 0 Å². The van der Waals surface area contributed by atoms with Crippen LogP contribution in [0, 0.1) is 22.0 Å². The number of ketones is 1. The topological polar surface area (TPSA) is 118 Å². The number of benzene rings is 2. The summed E-state index contributed by atoms with van der Waals surface area (Å²) in [6.07, 6.45) is 2.71. The summed E-state index contributed by atoms with van der Waals surface area (Å²) in [6, 6.07) is 11.9. The van der Waals surface area contributed by atoms with Gasteiger partial charge in [0.1, 0.15) is 6.04 Å². The molecule has 9 nitrogen and oxygen atoms in total. The molecule has 0 unspecified atom stereocenters. The van der Waals surface area contributed by atoms with Crippen molar-refractivity contribution in [1.82, 2.24) is 10.0 Å². The van der Waals surface area contributed by atoms with Crippen molar-refractivity contribution in [2.45, 2.75) is 32.7 Å². The third-order valence-electron chi connectivity index (χ3n) is 6.35. The van der Waals surface area contributed by atoms with Crippen LogP contribution in [0.2, 0.25) is 0 Å². The third kappa shape index (κ3) is 4.00. The molecule has 1 fully saturated rings. The second kappa shape index (κ2) is 9.01. The van der Waals surface area contributed by atoms with Crippen LogP contribution in [-0.2, 0) is 9.59 Å². The number of carbonyl (C=O) groups excluding carboxylic acids is 4. The zero-order valence-electron chi connectivity index (χ0n) is 18.7. The van der Waals surface area contributed by atoms with Crippen molar-refractivity contribution in [1.29, 1.82) is 0 Å². The Morgan fingerprint density at radius 1 is 1.00 bits per heavy atom. The molecular weight excluding hydrogens is 438 g/mol. The number of amides is 3. The predicted molar refractivity (Wildman–Crippen MR) is 121 cm³/mol. The Kier molecular flexibility index (Phi) is 6.10. The summed E-state index contributed by atoms with van der Waals surface area (Å²) in [7, 11) is 0. The molecule has 4 rings (SSSR count). The summed E-state index contributed by atoms with van der Waals surface area (Å²) in [4.78, 5) is 63.9. The highest BCUT2D eigenvalue weighted by Gasteiger charge is 2.53. The first-order valence-electron chi connectivity index (χ1n) is 10.9. The van der Waals surface area contributed by atoms with E-state index < -0.39 is 46.3 Å². The first kappa shape index (κ1) is 23.0. The van der Waals surface area contributed by atoms with Gasteiger partial charge in [0.15, 0.2) is 5.78 Å². The lowest BCUT2D eigenvalue weighted by Crippen LogP contribution is -2.56. The van der Waals surface area contributed by atoms with Crippen LogP contribution in [-0.4, -0.2) is 44.5 Å². The van der Waals surface area contributed by atoms with Gasteiger partial charge in [-0.05, 0) is 38.8 Å². The van der Waals surface area contributed by atoms with Crippen molar-refractivity contribution < 1.29 is 24.1 Å². The fourth-order valence-electron chi connectivity index (χ4n) is 4.48. The van der Waals surface area contributed by atoms with E-state index in [0.29, 0.717) is 18.4 Å². The standard InChI is InChI=1S/C25H23N3O6/c1-15-8-13-20-21(14-15)25(32)27(24(20)31)26(16(2)22(29)17-6-4-3-5-7-17)23(30)18-9-11-19(12-10-18)28(33)34/h3-12,16,20-21H,13-14H2,1-2H3/t16-,20+,21+/m1/s1. The number of Topliss-reactive ketones (excluding diaryl/α,β-unsaturated/α-hetero) is 1. The molecule has 0 bridgehead atoms. The minimum atomic E-state index is -1.17. The van der Waals surface area contributed by atoms with Crippen LogP contribution in [0.15, 0.2) is 66.2 Å². The van der Waals surface area contributed by atoms with E-state index in [0.717, 1.165) is 27.7 Å². The Balaban J connectivity index is 1.74. The third-order valence-corrected chi connectivity index (χ3v) is 6.35. The molecule has 0 aromatic heterocycles. The van der Waals surface area contributed by atoms with E-state index in [-0.39, 0.29) is 11.3 Å². The summed E-state index contributed by atoms with van der Waals surface area (Å²) in [5, 5.41) is 12.7. The molecule has 1 heterocycles. The van der Waals surface area contributed by atoms with Gasteiger partial charge in [0, 0.05) is 23.3 Å². The molecule has 3 atom stereocenters. The Hall–Kier alpha value is -4.14. The SMILES string of the molecule is CC1=CC[C@@H]2C(=O)N(N(C(=O)c3ccc([N+](=O)[O-])cc3)[C@H](C)C(=O)c3ccccc3)C(=O)[C@H]2C1. The molecule has 9 heteroatoms. The highest BCUT2D eigenvalue weighted by atomic mass is 16.6.